The summed E-state index contributed by atoms with van der Waals surface area (Å²) in [5, 5.41) is 19.0. The van der Waals surface area contributed by atoms with Crippen LogP contribution in [0.4, 0.5) is 0 Å². The van der Waals surface area contributed by atoms with E-state index < -0.39 is 0 Å². The smallest absolute Gasteiger partial charge is 0.121 e. The number of hydrogen-bond acceptors (Lipinski definition) is 2. The van der Waals surface area contributed by atoms with Gasteiger partial charge in [0, 0.05) is 5.56 Å². The SMILES string of the molecule is CC(C)(C)C(C)(C)C(C)(C)c1ccc(O)c(CO)c1. The Hall–Kier alpha value is -1.02. The van der Waals surface area contributed by atoms with Crippen LogP contribution in [-0.2, 0) is 12.0 Å². The summed E-state index contributed by atoms with van der Waals surface area (Å²) in [7, 11) is 0. The molecule has 1 rings (SSSR count). The monoisotopic (exact) mass is 264 g/mol. The molecule has 0 fully saturated rings. The lowest BCUT2D eigenvalue weighted by molar-refractivity contribution is 0.0454. The van der Waals surface area contributed by atoms with Crippen LogP contribution in [0.25, 0.3) is 0 Å². The molecule has 108 valence electrons. The van der Waals surface area contributed by atoms with Crippen molar-refractivity contribution in [3.05, 3.63) is 29.3 Å². The van der Waals surface area contributed by atoms with Crippen LogP contribution in [0.5, 0.6) is 5.75 Å². The molecule has 0 radical (unpaired) electrons. The van der Waals surface area contributed by atoms with Crippen molar-refractivity contribution in [3.8, 4) is 5.75 Å². The third-order valence-corrected chi connectivity index (χ3v) is 5.41. The number of aliphatic hydroxyl groups is 1. The molecule has 0 saturated carbocycles. The molecular weight excluding hydrogens is 236 g/mol. The Morgan fingerprint density at radius 3 is 1.89 bits per heavy atom. The molecule has 1 aromatic rings. The van der Waals surface area contributed by atoms with E-state index in [2.05, 4.69) is 48.5 Å². The molecule has 0 aliphatic heterocycles. The first kappa shape index (κ1) is 16.0. The predicted octanol–water partition coefficient (Wildman–Crippen LogP) is 4.23. The van der Waals surface area contributed by atoms with Crippen LogP contribution in [0, 0.1) is 10.8 Å². The van der Waals surface area contributed by atoms with Gasteiger partial charge in [-0.05, 0) is 33.9 Å². The molecule has 0 saturated heterocycles. The predicted molar refractivity (Wildman–Crippen MR) is 80.3 cm³/mol. The quantitative estimate of drug-likeness (QED) is 0.857. The Morgan fingerprint density at radius 1 is 0.947 bits per heavy atom. The second-order valence-corrected chi connectivity index (χ2v) is 7.50. The number of hydrogen-bond donors (Lipinski definition) is 2. The Balaban J connectivity index is 3.35. The molecule has 0 aromatic heterocycles. The van der Waals surface area contributed by atoms with Crippen molar-refractivity contribution < 1.29 is 10.2 Å². The van der Waals surface area contributed by atoms with Gasteiger partial charge < -0.3 is 10.2 Å². The van der Waals surface area contributed by atoms with Crippen molar-refractivity contribution in [1.29, 1.82) is 0 Å². The van der Waals surface area contributed by atoms with E-state index >= 15 is 0 Å². The Bertz CT molecular complexity index is 451. The highest BCUT2D eigenvalue weighted by atomic mass is 16.3. The van der Waals surface area contributed by atoms with Crippen molar-refractivity contribution in [2.24, 2.45) is 10.8 Å². The van der Waals surface area contributed by atoms with Crippen LogP contribution < -0.4 is 0 Å². The van der Waals surface area contributed by atoms with Gasteiger partial charge in [-0.1, -0.05) is 54.5 Å². The lowest BCUT2D eigenvalue weighted by Crippen LogP contribution is -2.45. The standard InChI is InChI=1S/C17H28O2/c1-15(2,3)17(6,7)16(4,5)13-8-9-14(19)12(10-13)11-18/h8-10,18-19H,11H2,1-7H3. The minimum absolute atomic E-state index is 0.0592. The summed E-state index contributed by atoms with van der Waals surface area (Å²) in [6.07, 6.45) is 0. The van der Waals surface area contributed by atoms with Gasteiger partial charge in [0.15, 0.2) is 0 Å². The van der Waals surface area contributed by atoms with E-state index in [1.54, 1.807) is 6.07 Å². The topological polar surface area (TPSA) is 40.5 Å². The fourth-order valence-electron chi connectivity index (χ4n) is 2.40. The molecule has 19 heavy (non-hydrogen) atoms. The second-order valence-electron chi connectivity index (χ2n) is 7.50. The summed E-state index contributed by atoms with van der Waals surface area (Å²) >= 11 is 0. The summed E-state index contributed by atoms with van der Waals surface area (Å²) < 4.78 is 0. The van der Waals surface area contributed by atoms with Gasteiger partial charge >= 0.3 is 0 Å². The molecule has 2 nitrogen and oxygen atoms in total. The molecule has 0 bridgehead atoms. The second kappa shape index (κ2) is 4.82. The van der Waals surface area contributed by atoms with Gasteiger partial charge in [0.2, 0.25) is 0 Å². The molecule has 1 aromatic carbocycles. The van der Waals surface area contributed by atoms with E-state index in [9.17, 15) is 10.2 Å². The van der Waals surface area contributed by atoms with E-state index in [0.717, 1.165) is 5.56 Å². The van der Waals surface area contributed by atoms with Gasteiger partial charge in [-0.2, -0.15) is 0 Å². The fraction of sp³-hybridized carbons (Fsp3) is 0.647. The number of benzene rings is 1. The van der Waals surface area contributed by atoms with Crippen molar-refractivity contribution in [2.75, 3.05) is 0 Å². The molecule has 0 spiro atoms. The van der Waals surface area contributed by atoms with E-state index in [1.165, 1.54) is 0 Å². The highest BCUT2D eigenvalue weighted by Gasteiger charge is 2.46. The molecule has 0 heterocycles. The maximum absolute atomic E-state index is 9.70. The molecule has 0 atom stereocenters. The third-order valence-electron chi connectivity index (χ3n) is 5.41. The van der Waals surface area contributed by atoms with Crippen molar-refractivity contribution in [1.82, 2.24) is 0 Å². The van der Waals surface area contributed by atoms with E-state index in [-0.39, 0.29) is 28.6 Å². The molecule has 2 heteroatoms. The summed E-state index contributed by atoms with van der Waals surface area (Å²) in [6, 6.07) is 5.56. The Morgan fingerprint density at radius 2 is 1.47 bits per heavy atom. The molecule has 0 amide bonds. The minimum Gasteiger partial charge on any atom is -0.508 e. The summed E-state index contributed by atoms with van der Waals surface area (Å²) in [6.45, 7) is 15.6. The zero-order valence-corrected chi connectivity index (χ0v) is 13.3. The van der Waals surface area contributed by atoms with Crippen molar-refractivity contribution >= 4 is 0 Å². The Kier molecular flexibility index (Phi) is 4.07. The zero-order valence-electron chi connectivity index (χ0n) is 13.3. The number of phenols is 1. The highest BCUT2D eigenvalue weighted by Crippen LogP contribution is 2.52. The highest BCUT2D eigenvalue weighted by molar-refractivity contribution is 5.39. The molecule has 0 aliphatic carbocycles. The first-order chi connectivity index (χ1) is 8.45. The minimum atomic E-state index is -0.133. The van der Waals surface area contributed by atoms with Crippen molar-refractivity contribution in [3.63, 3.8) is 0 Å². The summed E-state index contributed by atoms with van der Waals surface area (Å²) in [5.74, 6) is 0.163. The molecule has 0 unspecified atom stereocenters. The van der Waals surface area contributed by atoms with Gasteiger partial charge in [0.1, 0.15) is 5.75 Å². The van der Waals surface area contributed by atoms with Gasteiger partial charge in [-0.3, -0.25) is 0 Å². The van der Waals surface area contributed by atoms with Gasteiger partial charge in [-0.15, -0.1) is 0 Å². The molecule has 0 aliphatic rings. The van der Waals surface area contributed by atoms with Crippen LogP contribution in [0.15, 0.2) is 18.2 Å². The van der Waals surface area contributed by atoms with Gasteiger partial charge in [-0.25, -0.2) is 0 Å². The maximum Gasteiger partial charge on any atom is 0.121 e. The number of aromatic hydroxyl groups is 1. The van der Waals surface area contributed by atoms with Gasteiger partial charge in [0.25, 0.3) is 0 Å². The largest absolute Gasteiger partial charge is 0.508 e. The zero-order chi connectivity index (χ0) is 15.1. The first-order valence-corrected chi connectivity index (χ1v) is 6.88. The van der Waals surface area contributed by atoms with Crippen molar-refractivity contribution in [2.45, 2.75) is 60.5 Å². The third kappa shape index (κ3) is 2.64. The van der Waals surface area contributed by atoms with Crippen LogP contribution in [0.2, 0.25) is 0 Å². The van der Waals surface area contributed by atoms with Crippen LogP contribution in [-0.4, -0.2) is 10.2 Å². The Labute approximate surface area is 117 Å². The van der Waals surface area contributed by atoms with E-state index in [4.69, 9.17) is 0 Å². The normalized spacial score (nSPS) is 13.7. The molecule has 2 N–H and O–H groups in total. The lowest BCUT2D eigenvalue weighted by Gasteiger charge is -2.51. The first-order valence-electron chi connectivity index (χ1n) is 6.88. The lowest BCUT2D eigenvalue weighted by atomic mass is 9.53. The fourth-order valence-corrected chi connectivity index (χ4v) is 2.40. The number of rotatable bonds is 3. The maximum atomic E-state index is 9.70. The van der Waals surface area contributed by atoms with Crippen LogP contribution in [0.3, 0.4) is 0 Å². The summed E-state index contributed by atoms with van der Waals surface area (Å²) in [4.78, 5) is 0. The summed E-state index contributed by atoms with van der Waals surface area (Å²) in [5.41, 5.74) is 1.88. The average molecular weight is 264 g/mol. The number of aliphatic hydroxyl groups excluding tert-OH is 1. The van der Waals surface area contributed by atoms with E-state index in [1.807, 2.05) is 12.1 Å². The van der Waals surface area contributed by atoms with Crippen LogP contribution >= 0.6 is 0 Å². The van der Waals surface area contributed by atoms with Gasteiger partial charge in [0.05, 0.1) is 6.61 Å². The average Bonchev–Trinajstić information content (AvgIpc) is 2.27. The van der Waals surface area contributed by atoms with E-state index in [0.29, 0.717) is 5.56 Å². The molecular formula is C17H28O2. The van der Waals surface area contributed by atoms with Crippen LogP contribution in [0.1, 0.15) is 59.6 Å².